The Balaban J connectivity index is 1.76. The number of oxazole rings is 1. The van der Waals surface area contributed by atoms with Gasteiger partial charge in [-0.3, -0.25) is 9.36 Å². The molecular formula is C14H11ClN2O4. The van der Waals surface area contributed by atoms with Crippen LogP contribution in [0.4, 0.5) is 0 Å². The minimum atomic E-state index is -0.597. The summed E-state index contributed by atoms with van der Waals surface area (Å²) in [6, 6.07) is 8.30. The first kappa shape index (κ1) is 13.5. The zero-order valence-electron chi connectivity index (χ0n) is 10.8. The van der Waals surface area contributed by atoms with Crippen LogP contribution in [0.25, 0.3) is 11.1 Å². The number of hydrogen-bond acceptors (Lipinski definition) is 4. The molecule has 1 amide bonds. The monoisotopic (exact) mass is 306 g/mol. The van der Waals surface area contributed by atoms with Gasteiger partial charge in [-0.05, 0) is 24.3 Å². The smallest absolute Gasteiger partial charge is 0.420 e. The SMILES string of the molecule is O=C(Cn1c(=O)oc2cc(Cl)ccc21)NCc1ccco1. The lowest BCUT2D eigenvalue weighted by molar-refractivity contribution is -0.121. The number of furan rings is 1. The minimum Gasteiger partial charge on any atom is -0.467 e. The molecule has 0 spiro atoms. The molecular weight excluding hydrogens is 296 g/mol. The molecule has 108 valence electrons. The highest BCUT2D eigenvalue weighted by Crippen LogP contribution is 2.18. The first-order chi connectivity index (χ1) is 10.1. The lowest BCUT2D eigenvalue weighted by Gasteiger charge is -2.04. The van der Waals surface area contributed by atoms with Gasteiger partial charge in [0, 0.05) is 11.1 Å². The van der Waals surface area contributed by atoms with Gasteiger partial charge in [-0.2, -0.15) is 0 Å². The fourth-order valence-electron chi connectivity index (χ4n) is 1.99. The standard InChI is InChI=1S/C14H11ClN2O4/c15-9-3-4-11-12(6-9)21-14(19)17(11)8-13(18)16-7-10-2-1-5-20-10/h1-6H,7-8H2,(H,16,18). The highest BCUT2D eigenvalue weighted by Gasteiger charge is 2.13. The van der Waals surface area contributed by atoms with Gasteiger partial charge in [-0.1, -0.05) is 11.6 Å². The predicted molar refractivity (Wildman–Crippen MR) is 76.0 cm³/mol. The maximum absolute atomic E-state index is 11.9. The third kappa shape index (κ3) is 2.85. The van der Waals surface area contributed by atoms with E-state index in [9.17, 15) is 9.59 Å². The first-order valence-electron chi connectivity index (χ1n) is 6.21. The van der Waals surface area contributed by atoms with Crippen LogP contribution in [0.15, 0.2) is 50.2 Å². The summed E-state index contributed by atoms with van der Waals surface area (Å²) in [6.45, 7) is 0.135. The van der Waals surface area contributed by atoms with Gasteiger partial charge >= 0.3 is 5.76 Å². The van der Waals surface area contributed by atoms with Gasteiger partial charge in [-0.25, -0.2) is 4.79 Å². The first-order valence-corrected chi connectivity index (χ1v) is 6.59. The third-order valence-corrected chi connectivity index (χ3v) is 3.21. The van der Waals surface area contributed by atoms with Gasteiger partial charge in [0.25, 0.3) is 0 Å². The average molecular weight is 307 g/mol. The molecule has 0 radical (unpaired) electrons. The molecule has 2 aromatic heterocycles. The molecule has 3 aromatic rings. The molecule has 6 nitrogen and oxygen atoms in total. The lowest BCUT2D eigenvalue weighted by Crippen LogP contribution is -2.30. The van der Waals surface area contributed by atoms with E-state index in [1.165, 1.54) is 16.9 Å². The summed E-state index contributed by atoms with van der Waals surface area (Å²) in [5, 5.41) is 3.13. The predicted octanol–water partition coefficient (Wildman–Crippen LogP) is 2.16. The Labute approximate surface area is 123 Å². The molecule has 3 rings (SSSR count). The summed E-state index contributed by atoms with van der Waals surface area (Å²) in [5.41, 5.74) is 0.879. The number of carbonyl (C=O) groups excluding carboxylic acids is 1. The van der Waals surface area contributed by atoms with Crippen molar-refractivity contribution in [3.8, 4) is 0 Å². The van der Waals surface area contributed by atoms with E-state index < -0.39 is 5.76 Å². The van der Waals surface area contributed by atoms with E-state index in [4.69, 9.17) is 20.4 Å². The van der Waals surface area contributed by atoms with Gasteiger partial charge in [-0.15, -0.1) is 0 Å². The number of carbonyl (C=O) groups is 1. The molecule has 0 bridgehead atoms. The van der Waals surface area contributed by atoms with E-state index >= 15 is 0 Å². The summed E-state index contributed by atoms with van der Waals surface area (Å²) in [6.07, 6.45) is 1.53. The van der Waals surface area contributed by atoms with Crippen LogP contribution in [0.5, 0.6) is 0 Å². The maximum Gasteiger partial charge on any atom is 0.420 e. The number of aromatic nitrogens is 1. The van der Waals surface area contributed by atoms with Crippen molar-refractivity contribution in [1.82, 2.24) is 9.88 Å². The fourth-order valence-corrected chi connectivity index (χ4v) is 2.15. The van der Waals surface area contributed by atoms with E-state index in [1.54, 1.807) is 24.3 Å². The Bertz CT molecular complexity index is 832. The number of benzene rings is 1. The number of halogens is 1. The number of rotatable bonds is 4. The highest BCUT2D eigenvalue weighted by atomic mass is 35.5. The second kappa shape index (κ2) is 5.49. The summed E-state index contributed by atoms with van der Waals surface area (Å²) < 4.78 is 11.4. The molecule has 21 heavy (non-hydrogen) atoms. The molecule has 0 aliphatic carbocycles. The molecule has 0 aliphatic rings. The molecule has 0 saturated carbocycles. The van der Waals surface area contributed by atoms with Crippen molar-refractivity contribution in [2.45, 2.75) is 13.1 Å². The Morgan fingerprint density at radius 3 is 2.95 bits per heavy atom. The molecule has 1 aromatic carbocycles. The van der Waals surface area contributed by atoms with Crippen LogP contribution >= 0.6 is 11.6 Å². The quantitative estimate of drug-likeness (QED) is 0.801. The van der Waals surface area contributed by atoms with Crippen LogP contribution in [-0.4, -0.2) is 10.5 Å². The van der Waals surface area contributed by atoms with Crippen LogP contribution in [-0.2, 0) is 17.9 Å². The topological polar surface area (TPSA) is 77.4 Å². The number of amides is 1. The second-order valence-corrected chi connectivity index (χ2v) is 4.86. The van der Waals surface area contributed by atoms with Crippen LogP contribution < -0.4 is 11.1 Å². The summed E-state index contributed by atoms with van der Waals surface area (Å²) in [5.74, 6) is -0.272. The molecule has 2 heterocycles. The average Bonchev–Trinajstić information content (AvgIpc) is 3.05. The Morgan fingerprint density at radius 2 is 2.19 bits per heavy atom. The Kier molecular flexibility index (Phi) is 3.53. The van der Waals surface area contributed by atoms with Crippen molar-refractivity contribution in [1.29, 1.82) is 0 Å². The third-order valence-electron chi connectivity index (χ3n) is 2.97. The second-order valence-electron chi connectivity index (χ2n) is 4.42. The van der Waals surface area contributed by atoms with Gasteiger partial charge < -0.3 is 14.2 Å². The van der Waals surface area contributed by atoms with Gasteiger partial charge in [0.2, 0.25) is 5.91 Å². The van der Waals surface area contributed by atoms with Crippen molar-refractivity contribution in [2.75, 3.05) is 0 Å². The van der Waals surface area contributed by atoms with E-state index in [0.717, 1.165) is 0 Å². The number of nitrogens with zero attached hydrogens (tertiary/aromatic N) is 1. The Morgan fingerprint density at radius 1 is 1.33 bits per heavy atom. The normalized spacial score (nSPS) is 10.9. The molecule has 0 atom stereocenters. The van der Waals surface area contributed by atoms with E-state index in [1.807, 2.05) is 0 Å². The van der Waals surface area contributed by atoms with Crippen LogP contribution in [0, 0.1) is 0 Å². The maximum atomic E-state index is 11.9. The molecule has 1 N–H and O–H groups in total. The highest BCUT2D eigenvalue weighted by molar-refractivity contribution is 6.31. The minimum absolute atomic E-state index is 0.131. The van der Waals surface area contributed by atoms with Crippen LogP contribution in [0.1, 0.15) is 5.76 Å². The zero-order valence-corrected chi connectivity index (χ0v) is 11.6. The summed E-state index contributed by atoms with van der Waals surface area (Å²) >= 11 is 5.83. The van der Waals surface area contributed by atoms with E-state index in [2.05, 4.69) is 5.32 Å². The van der Waals surface area contributed by atoms with Crippen molar-refractivity contribution in [3.63, 3.8) is 0 Å². The van der Waals surface area contributed by atoms with Crippen molar-refractivity contribution in [3.05, 3.63) is 57.9 Å². The number of fused-ring (bicyclic) bond motifs is 1. The summed E-state index contributed by atoms with van der Waals surface area (Å²) in [7, 11) is 0. The van der Waals surface area contributed by atoms with E-state index in [0.29, 0.717) is 21.9 Å². The molecule has 0 saturated heterocycles. The van der Waals surface area contributed by atoms with Crippen LogP contribution in [0.2, 0.25) is 5.02 Å². The fraction of sp³-hybridized carbons (Fsp3) is 0.143. The molecule has 0 aliphatic heterocycles. The van der Waals surface area contributed by atoms with Gasteiger partial charge in [0.05, 0.1) is 18.3 Å². The number of nitrogens with one attached hydrogen (secondary N) is 1. The van der Waals surface area contributed by atoms with Crippen molar-refractivity contribution < 1.29 is 13.6 Å². The molecule has 0 fully saturated rings. The van der Waals surface area contributed by atoms with Gasteiger partial charge in [0.15, 0.2) is 5.58 Å². The van der Waals surface area contributed by atoms with Crippen LogP contribution in [0.3, 0.4) is 0 Å². The zero-order chi connectivity index (χ0) is 14.8. The van der Waals surface area contributed by atoms with Crippen molar-refractivity contribution >= 4 is 28.6 Å². The summed E-state index contributed by atoms with van der Waals surface area (Å²) in [4.78, 5) is 23.7. The lowest BCUT2D eigenvalue weighted by atomic mass is 10.3. The van der Waals surface area contributed by atoms with E-state index in [-0.39, 0.29) is 19.0 Å². The van der Waals surface area contributed by atoms with Crippen molar-refractivity contribution in [2.24, 2.45) is 0 Å². The molecule has 7 heteroatoms. The van der Waals surface area contributed by atoms with Gasteiger partial charge in [0.1, 0.15) is 12.3 Å². The number of hydrogen-bond donors (Lipinski definition) is 1. The largest absolute Gasteiger partial charge is 0.467 e. The Hall–Kier alpha value is -2.47. The molecule has 0 unspecified atom stereocenters.